The van der Waals surface area contributed by atoms with E-state index in [4.69, 9.17) is 11.6 Å². The van der Waals surface area contributed by atoms with E-state index in [-0.39, 0.29) is 11.2 Å². The molecule has 0 bridgehead atoms. The van der Waals surface area contributed by atoms with Crippen LogP contribution in [0.2, 0.25) is 5.02 Å². The number of hydrogen-bond donors (Lipinski definition) is 1. The molecule has 1 fully saturated rings. The van der Waals surface area contributed by atoms with Gasteiger partial charge in [-0.05, 0) is 32.7 Å². The van der Waals surface area contributed by atoms with Gasteiger partial charge in [-0.2, -0.15) is 5.10 Å². The topological polar surface area (TPSA) is 46.9 Å². The van der Waals surface area contributed by atoms with E-state index in [9.17, 15) is 4.79 Å². The summed E-state index contributed by atoms with van der Waals surface area (Å²) in [7, 11) is 0. The normalized spacial score (nSPS) is 22.7. The van der Waals surface area contributed by atoms with Crippen LogP contribution in [-0.2, 0) is 17.8 Å². The van der Waals surface area contributed by atoms with Crippen molar-refractivity contribution in [2.45, 2.75) is 47.1 Å². The highest BCUT2D eigenvalue weighted by Gasteiger charge is 2.43. The van der Waals surface area contributed by atoms with Crippen LogP contribution in [0.25, 0.3) is 0 Å². The summed E-state index contributed by atoms with van der Waals surface area (Å²) < 4.78 is 1.85. The Morgan fingerprint density at radius 1 is 1.55 bits per heavy atom. The van der Waals surface area contributed by atoms with Gasteiger partial charge in [0.05, 0.1) is 22.8 Å². The molecule has 0 spiro atoms. The van der Waals surface area contributed by atoms with Crippen molar-refractivity contribution in [1.29, 1.82) is 0 Å². The summed E-state index contributed by atoms with van der Waals surface area (Å²) in [5.74, 6) is 0.622. The first-order valence-electron chi connectivity index (χ1n) is 7.38. The first-order valence-corrected chi connectivity index (χ1v) is 7.76. The van der Waals surface area contributed by atoms with E-state index in [2.05, 4.69) is 24.3 Å². The van der Waals surface area contributed by atoms with Crippen molar-refractivity contribution in [2.75, 3.05) is 13.1 Å². The van der Waals surface area contributed by atoms with E-state index < -0.39 is 0 Å². The van der Waals surface area contributed by atoms with E-state index in [0.29, 0.717) is 17.4 Å². The average molecular weight is 298 g/mol. The second kappa shape index (κ2) is 5.86. The Kier molecular flexibility index (Phi) is 4.55. The van der Waals surface area contributed by atoms with Crippen molar-refractivity contribution in [2.24, 2.45) is 11.3 Å². The third-order valence-corrected chi connectivity index (χ3v) is 5.12. The third kappa shape index (κ3) is 2.51. The summed E-state index contributed by atoms with van der Waals surface area (Å²) in [6.45, 7) is 10.6. The molecule has 0 amide bonds. The van der Waals surface area contributed by atoms with Crippen LogP contribution in [-0.4, -0.2) is 28.7 Å². The van der Waals surface area contributed by atoms with Crippen LogP contribution < -0.4 is 5.32 Å². The summed E-state index contributed by atoms with van der Waals surface area (Å²) >= 11 is 6.32. The number of nitrogens with one attached hydrogen (secondary N) is 1. The molecule has 1 unspecified atom stereocenters. The summed E-state index contributed by atoms with van der Waals surface area (Å²) in [5.41, 5.74) is 1.42. The van der Waals surface area contributed by atoms with Crippen molar-refractivity contribution >= 4 is 17.4 Å². The first kappa shape index (κ1) is 15.5. The van der Waals surface area contributed by atoms with Crippen LogP contribution in [0, 0.1) is 18.3 Å². The Labute approximate surface area is 125 Å². The molecule has 4 nitrogen and oxygen atoms in total. The number of nitrogens with zero attached hydrogens (tertiary/aromatic N) is 2. The van der Waals surface area contributed by atoms with Gasteiger partial charge in [-0.15, -0.1) is 0 Å². The number of aromatic nitrogens is 2. The Hall–Kier alpha value is -0.870. The maximum absolute atomic E-state index is 12.9. The first-order chi connectivity index (χ1) is 9.42. The van der Waals surface area contributed by atoms with Gasteiger partial charge in [-0.3, -0.25) is 9.48 Å². The van der Waals surface area contributed by atoms with Crippen LogP contribution in [0.3, 0.4) is 0 Å². The second-order valence-corrected chi connectivity index (χ2v) is 6.38. The molecule has 1 aromatic heterocycles. The fraction of sp³-hybridized carbons (Fsp3) is 0.733. The summed E-state index contributed by atoms with van der Waals surface area (Å²) in [5, 5.41) is 8.37. The summed E-state index contributed by atoms with van der Waals surface area (Å²) in [4.78, 5) is 12.9. The highest BCUT2D eigenvalue weighted by molar-refractivity contribution is 6.32. The molecule has 0 aliphatic carbocycles. The standard InChI is InChI=1S/C15H24ClN3O/c1-5-19-12(14(16)11(4)18-19)8-13(20)15(10(2)3)6-7-17-9-15/h10,17H,5-9H2,1-4H3. The Bertz CT molecular complexity index is 501. The molecule has 0 saturated carbocycles. The number of rotatable bonds is 5. The molecule has 1 atom stereocenters. The van der Waals surface area contributed by atoms with Gasteiger partial charge in [0.15, 0.2) is 0 Å². The fourth-order valence-electron chi connectivity index (χ4n) is 3.13. The Morgan fingerprint density at radius 2 is 2.25 bits per heavy atom. The molecule has 112 valence electrons. The minimum Gasteiger partial charge on any atom is -0.316 e. The van der Waals surface area contributed by atoms with Gasteiger partial charge >= 0.3 is 0 Å². The summed E-state index contributed by atoms with van der Waals surface area (Å²) in [6, 6.07) is 0. The van der Waals surface area contributed by atoms with Gasteiger partial charge in [-0.25, -0.2) is 0 Å². The Morgan fingerprint density at radius 3 is 2.75 bits per heavy atom. The molecule has 2 rings (SSSR count). The van der Waals surface area contributed by atoms with Crippen molar-refractivity contribution < 1.29 is 4.79 Å². The van der Waals surface area contributed by atoms with Gasteiger partial charge < -0.3 is 5.32 Å². The minimum atomic E-state index is -0.250. The molecule has 1 aliphatic heterocycles. The average Bonchev–Trinajstić information content (AvgIpc) is 3.00. The number of carbonyl (C=O) groups is 1. The lowest BCUT2D eigenvalue weighted by molar-refractivity contribution is -0.129. The smallest absolute Gasteiger partial charge is 0.146 e. The highest BCUT2D eigenvalue weighted by Crippen LogP contribution is 2.37. The predicted octanol–water partition coefficient (Wildman–Crippen LogP) is 2.61. The van der Waals surface area contributed by atoms with Crippen LogP contribution in [0.4, 0.5) is 0 Å². The van der Waals surface area contributed by atoms with Crippen molar-refractivity contribution in [1.82, 2.24) is 15.1 Å². The van der Waals surface area contributed by atoms with Crippen molar-refractivity contribution in [3.63, 3.8) is 0 Å². The van der Waals surface area contributed by atoms with Crippen molar-refractivity contribution in [3.8, 4) is 0 Å². The molecular formula is C15H24ClN3O. The zero-order chi connectivity index (χ0) is 14.9. The lowest BCUT2D eigenvalue weighted by Gasteiger charge is -2.31. The van der Waals surface area contributed by atoms with Gasteiger partial charge in [0.2, 0.25) is 0 Å². The quantitative estimate of drug-likeness (QED) is 0.909. The van der Waals surface area contributed by atoms with Gasteiger partial charge in [0.25, 0.3) is 0 Å². The molecule has 20 heavy (non-hydrogen) atoms. The molecule has 0 radical (unpaired) electrons. The maximum atomic E-state index is 12.9. The fourth-order valence-corrected chi connectivity index (χ4v) is 3.33. The van der Waals surface area contributed by atoms with Gasteiger partial charge in [-0.1, -0.05) is 25.4 Å². The lowest BCUT2D eigenvalue weighted by Crippen LogP contribution is -2.39. The molecule has 1 aromatic rings. The van der Waals surface area contributed by atoms with Crippen LogP contribution in [0.1, 0.15) is 38.6 Å². The highest BCUT2D eigenvalue weighted by atomic mass is 35.5. The molecule has 1 aliphatic rings. The van der Waals surface area contributed by atoms with Crippen LogP contribution in [0.5, 0.6) is 0 Å². The van der Waals surface area contributed by atoms with E-state index >= 15 is 0 Å². The van der Waals surface area contributed by atoms with E-state index in [1.54, 1.807) is 0 Å². The number of Topliss-reactive ketones (excluding diaryl/α,β-unsaturated/α-hetero) is 1. The minimum absolute atomic E-state index is 0.250. The zero-order valence-electron chi connectivity index (χ0n) is 12.8. The van der Waals surface area contributed by atoms with Gasteiger partial charge in [0, 0.05) is 18.5 Å². The zero-order valence-corrected chi connectivity index (χ0v) is 13.5. The molecular weight excluding hydrogens is 274 g/mol. The monoisotopic (exact) mass is 297 g/mol. The second-order valence-electron chi connectivity index (χ2n) is 6.00. The van der Waals surface area contributed by atoms with Gasteiger partial charge in [0.1, 0.15) is 5.78 Å². The lowest BCUT2D eigenvalue weighted by atomic mass is 9.72. The van der Waals surface area contributed by atoms with E-state index in [0.717, 1.165) is 37.4 Å². The summed E-state index contributed by atoms with van der Waals surface area (Å²) in [6.07, 6.45) is 1.30. The molecule has 0 aromatic carbocycles. The number of halogens is 1. The SMILES string of the molecule is CCn1nc(C)c(Cl)c1CC(=O)C1(C(C)C)CCNC1. The number of hydrogen-bond acceptors (Lipinski definition) is 3. The number of carbonyl (C=O) groups excluding carboxylic acids is 1. The number of ketones is 1. The molecule has 1 N–H and O–H groups in total. The number of aryl methyl sites for hydroxylation is 2. The van der Waals surface area contributed by atoms with Crippen molar-refractivity contribution in [3.05, 3.63) is 16.4 Å². The van der Waals surface area contributed by atoms with E-state index in [1.807, 2.05) is 18.5 Å². The molecule has 2 heterocycles. The molecule has 5 heteroatoms. The maximum Gasteiger partial charge on any atom is 0.146 e. The van der Waals surface area contributed by atoms with Crippen LogP contribution in [0.15, 0.2) is 0 Å². The van der Waals surface area contributed by atoms with E-state index in [1.165, 1.54) is 0 Å². The predicted molar refractivity (Wildman–Crippen MR) is 81.1 cm³/mol. The third-order valence-electron chi connectivity index (χ3n) is 4.63. The van der Waals surface area contributed by atoms with Crippen LogP contribution >= 0.6 is 11.6 Å². The Balaban J connectivity index is 2.27. The molecule has 1 saturated heterocycles. The largest absolute Gasteiger partial charge is 0.316 e.